The summed E-state index contributed by atoms with van der Waals surface area (Å²) in [6, 6.07) is 3.19. The van der Waals surface area contributed by atoms with Gasteiger partial charge in [0, 0.05) is 46.4 Å². The van der Waals surface area contributed by atoms with Gasteiger partial charge in [-0.25, -0.2) is 0 Å². The number of hydrogen-bond donors (Lipinski definition) is 0. The number of methoxy groups -OCH3 is 1. The van der Waals surface area contributed by atoms with Crippen molar-refractivity contribution in [2.45, 2.75) is 19.4 Å². The summed E-state index contributed by atoms with van der Waals surface area (Å²) in [6.07, 6.45) is 2.39. The Morgan fingerprint density at radius 3 is 2.54 bits per heavy atom. The molecule has 0 radical (unpaired) electrons. The number of hydrogen-bond acceptors (Lipinski definition) is 5. The SMILES string of the molecule is COCCCN(C)C(C)C(=O)N1CCN(C(=O)c2ccco2)CC1. The molecule has 0 N–H and O–H groups in total. The van der Waals surface area contributed by atoms with Gasteiger partial charge < -0.3 is 19.0 Å². The van der Waals surface area contributed by atoms with Gasteiger partial charge >= 0.3 is 0 Å². The molecule has 2 rings (SSSR count). The lowest BCUT2D eigenvalue weighted by molar-refractivity contribution is -0.137. The van der Waals surface area contributed by atoms with Gasteiger partial charge in [0.15, 0.2) is 5.76 Å². The molecule has 1 atom stereocenters. The zero-order chi connectivity index (χ0) is 17.5. The van der Waals surface area contributed by atoms with Gasteiger partial charge in [-0.3, -0.25) is 14.5 Å². The molecular formula is C17H27N3O4. The van der Waals surface area contributed by atoms with E-state index in [2.05, 4.69) is 0 Å². The number of furan rings is 1. The normalized spacial score (nSPS) is 16.5. The van der Waals surface area contributed by atoms with Crippen LogP contribution in [0, 0.1) is 0 Å². The smallest absolute Gasteiger partial charge is 0.289 e. The second-order valence-electron chi connectivity index (χ2n) is 6.10. The van der Waals surface area contributed by atoms with Gasteiger partial charge in [-0.05, 0) is 32.5 Å². The first-order valence-electron chi connectivity index (χ1n) is 8.35. The first kappa shape index (κ1) is 18.5. The van der Waals surface area contributed by atoms with Crippen molar-refractivity contribution in [1.29, 1.82) is 0 Å². The van der Waals surface area contributed by atoms with Crippen LogP contribution >= 0.6 is 0 Å². The minimum atomic E-state index is -0.172. The summed E-state index contributed by atoms with van der Waals surface area (Å²) in [5.41, 5.74) is 0. The molecule has 0 saturated carbocycles. The monoisotopic (exact) mass is 337 g/mol. The molecule has 1 fully saturated rings. The summed E-state index contributed by atoms with van der Waals surface area (Å²) in [5, 5.41) is 0. The standard InChI is InChI=1S/C17H27N3O4/c1-14(18(2)7-5-12-23-3)16(21)19-8-10-20(11-9-19)17(22)15-6-4-13-24-15/h4,6,13-14H,5,7-12H2,1-3H3. The minimum Gasteiger partial charge on any atom is -0.459 e. The predicted molar refractivity (Wildman–Crippen MR) is 89.8 cm³/mol. The highest BCUT2D eigenvalue weighted by Crippen LogP contribution is 2.11. The highest BCUT2D eigenvalue weighted by molar-refractivity contribution is 5.91. The van der Waals surface area contributed by atoms with Crippen molar-refractivity contribution in [3.63, 3.8) is 0 Å². The third-order valence-corrected chi connectivity index (χ3v) is 4.49. The molecule has 1 aromatic heterocycles. The summed E-state index contributed by atoms with van der Waals surface area (Å²) in [5.74, 6) is 0.345. The summed E-state index contributed by atoms with van der Waals surface area (Å²) in [7, 11) is 3.63. The summed E-state index contributed by atoms with van der Waals surface area (Å²) >= 11 is 0. The first-order valence-corrected chi connectivity index (χ1v) is 8.35. The fourth-order valence-corrected chi connectivity index (χ4v) is 2.79. The van der Waals surface area contributed by atoms with E-state index in [-0.39, 0.29) is 17.9 Å². The van der Waals surface area contributed by atoms with Crippen LogP contribution in [0.1, 0.15) is 23.9 Å². The van der Waals surface area contributed by atoms with E-state index < -0.39 is 0 Å². The Balaban J connectivity index is 1.80. The highest BCUT2D eigenvalue weighted by Gasteiger charge is 2.29. The van der Waals surface area contributed by atoms with Crippen molar-refractivity contribution in [2.75, 3.05) is 53.5 Å². The maximum Gasteiger partial charge on any atom is 0.289 e. The molecule has 2 heterocycles. The van der Waals surface area contributed by atoms with Gasteiger partial charge in [0.05, 0.1) is 12.3 Å². The summed E-state index contributed by atoms with van der Waals surface area (Å²) < 4.78 is 10.2. The average Bonchev–Trinajstić information content (AvgIpc) is 3.14. The lowest BCUT2D eigenvalue weighted by Gasteiger charge is -2.37. The number of likely N-dealkylation sites (N-methyl/N-ethyl adjacent to an activating group) is 1. The Hall–Kier alpha value is -1.86. The van der Waals surface area contributed by atoms with Crippen LogP contribution in [0.15, 0.2) is 22.8 Å². The Kier molecular flexibility index (Phi) is 6.81. The lowest BCUT2D eigenvalue weighted by atomic mass is 10.2. The van der Waals surface area contributed by atoms with Crippen LogP contribution in [-0.4, -0.2) is 86.0 Å². The van der Waals surface area contributed by atoms with E-state index in [0.717, 1.165) is 13.0 Å². The molecule has 7 nitrogen and oxygen atoms in total. The van der Waals surface area contributed by atoms with Crippen LogP contribution in [0.3, 0.4) is 0 Å². The Labute approximate surface area is 143 Å². The molecule has 1 unspecified atom stereocenters. The molecule has 134 valence electrons. The first-order chi connectivity index (χ1) is 11.5. The second kappa shape index (κ2) is 8.84. The molecular weight excluding hydrogens is 310 g/mol. The molecule has 0 aliphatic carbocycles. The van der Waals surface area contributed by atoms with E-state index in [4.69, 9.17) is 9.15 Å². The number of nitrogens with zero attached hydrogens (tertiary/aromatic N) is 3. The molecule has 24 heavy (non-hydrogen) atoms. The number of rotatable bonds is 7. The van der Waals surface area contributed by atoms with Crippen LogP contribution in [0.4, 0.5) is 0 Å². The molecule has 2 amide bonds. The maximum atomic E-state index is 12.6. The van der Waals surface area contributed by atoms with Crippen molar-refractivity contribution in [3.05, 3.63) is 24.2 Å². The largest absolute Gasteiger partial charge is 0.459 e. The Bertz CT molecular complexity index is 524. The van der Waals surface area contributed by atoms with E-state index >= 15 is 0 Å². The Morgan fingerprint density at radius 1 is 1.29 bits per heavy atom. The van der Waals surface area contributed by atoms with Gasteiger partial charge in [0.25, 0.3) is 5.91 Å². The zero-order valence-corrected chi connectivity index (χ0v) is 14.7. The second-order valence-corrected chi connectivity index (χ2v) is 6.10. The van der Waals surface area contributed by atoms with E-state index in [1.54, 1.807) is 24.1 Å². The van der Waals surface area contributed by atoms with Gasteiger partial charge in [0.1, 0.15) is 0 Å². The number of piperazine rings is 1. The molecule has 0 aromatic carbocycles. The predicted octanol–water partition coefficient (Wildman–Crippen LogP) is 0.921. The molecule has 1 aliphatic rings. The lowest BCUT2D eigenvalue weighted by Crippen LogP contribution is -2.54. The third kappa shape index (κ3) is 4.58. The topological polar surface area (TPSA) is 66.2 Å². The van der Waals surface area contributed by atoms with Crippen LogP contribution in [0.5, 0.6) is 0 Å². The van der Waals surface area contributed by atoms with Crippen molar-refractivity contribution in [1.82, 2.24) is 14.7 Å². The molecule has 1 aromatic rings. The molecule has 0 bridgehead atoms. The zero-order valence-electron chi connectivity index (χ0n) is 14.7. The van der Waals surface area contributed by atoms with Gasteiger partial charge in [-0.15, -0.1) is 0 Å². The summed E-state index contributed by atoms with van der Waals surface area (Å²) in [4.78, 5) is 30.5. The highest BCUT2D eigenvalue weighted by atomic mass is 16.5. The van der Waals surface area contributed by atoms with Gasteiger partial charge in [-0.2, -0.15) is 0 Å². The van der Waals surface area contributed by atoms with Crippen LogP contribution < -0.4 is 0 Å². The van der Waals surface area contributed by atoms with E-state index in [1.807, 2.05) is 23.8 Å². The van der Waals surface area contributed by atoms with Gasteiger partial charge in [0.2, 0.25) is 5.91 Å². The minimum absolute atomic E-state index is 0.111. The third-order valence-electron chi connectivity index (χ3n) is 4.49. The summed E-state index contributed by atoms with van der Waals surface area (Å²) in [6.45, 7) is 5.62. The van der Waals surface area contributed by atoms with Crippen molar-refractivity contribution in [2.24, 2.45) is 0 Å². The maximum absolute atomic E-state index is 12.6. The quantitative estimate of drug-likeness (QED) is 0.692. The van der Waals surface area contributed by atoms with Crippen LogP contribution in [0.2, 0.25) is 0 Å². The molecule has 0 spiro atoms. The van der Waals surface area contributed by atoms with E-state index in [0.29, 0.717) is 38.5 Å². The van der Waals surface area contributed by atoms with Crippen molar-refractivity contribution < 1.29 is 18.7 Å². The molecule has 1 saturated heterocycles. The van der Waals surface area contributed by atoms with E-state index in [1.165, 1.54) is 6.26 Å². The Morgan fingerprint density at radius 2 is 1.96 bits per heavy atom. The fourth-order valence-electron chi connectivity index (χ4n) is 2.79. The fraction of sp³-hybridized carbons (Fsp3) is 0.647. The number of carbonyl (C=O) groups excluding carboxylic acids is 2. The van der Waals surface area contributed by atoms with Gasteiger partial charge in [-0.1, -0.05) is 0 Å². The van der Waals surface area contributed by atoms with Crippen molar-refractivity contribution in [3.8, 4) is 0 Å². The molecule has 1 aliphatic heterocycles. The van der Waals surface area contributed by atoms with Crippen molar-refractivity contribution >= 4 is 11.8 Å². The van der Waals surface area contributed by atoms with Crippen LogP contribution in [-0.2, 0) is 9.53 Å². The number of carbonyl (C=O) groups is 2. The number of amides is 2. The average molecular weight is 337 g/mol. The van der Waals surface area contributed by atoms with Crippen LogP contribution in [0.25, 0.3) is 0 Å². The van der Waals surface area contributed by atoms with E-state index in [9.17, 15) is 9.59 Å². The number of ether oxygens (including phenoxy) is 1. The molecule has 7 heteroatoms.